The molecule has 5 nitrogen and oxygen atoms in total. The van der Waals surface area contributed by atoms with Crippen molar-refractivity contribution in [3.05, 3.63) is 11.2 Å². The second kappa shape index (κ2) is 7.94. The molecule has 0 spiro atoms. The van der Waals surface area contributed by atoms with E-state index in [9.17, 15) is 4.79 Å². The lowest BCUT2D eigenvalue weighted by atomic mass is 9.99. The van der Waals surface area contributed by atoms with E-state index in [1.807, 2.05) is 6.92 Å². The summed E-state index contributed by atoms with van der Waals surface area (Å²) in [5, 5.41) is 2.93. The van der Waals surface area contributed by atoms with E-state index in [4.69, 9.17) is 16.3 Å². The van der Waals surface area contributed by atoms with Crippen molar-refractivity contribution in [3.8, 4) is 5.88 Å². The summed E-state index contributed by atoms with van der Waals surface area (Å²) in [6.45, 7) is 4.11. The minimum atomic E-state index is -0.0692. The molecule has 1 heterocycles. The highest BCUT2D eigenvalue weighted by Gasteiger charge is 2.17. The zero-order valence-electron chi connectivity index (χ0n) is 11.6. The van der Waals surface area contributed by atoms with Gasteiger partial charge in [-0.05, 0) is 12.8 Å². The van der Waals surface area contributed by atoms with Gasteiger partial charge in [-0.3, -0.25) is 10.1 Å². The Morgan fingerprint density at radius 3 is 2.79 bits per heavy atom. The molecule has 1 aromatic rings. The Balaban J connectivity index is 2.71. The van der Waals surface area contributed by atoms with Crippen molar-refractivity contribution >= 4 is 23.5 Å². The van der Waals surface area contributed by atoms with Crippen LogP contribution in [0, 0.1) is 5.92 Å². The molecular weight excluding hydrogens is 266 g/mol. The van der Waals surface area contributed by atoms with Gasteiger partial charge >= 0.3 is 0 Å². The molecule has 1 rings (SSSR count). The fourth-order valence-corrected chi connectivity index (χ4v) is 1.91. The van der Waals surface area contributed by atoms with Crippen LogP contribution in [-0.2, 0) is 4.79 Å². The van der Waals surface area contributed by atoms with Crippen molar-refractivity contribution < 1.29 is 9.53 Å². The van der Waals surface area contributed by atoms with Crippen LogP contribution in [0.5, 0.6) is 5.88 Å². The number of carbonyl (C=O) groups excluding carboxylic acids is 1. The molecule has 0 radical (unpaired) electrons. The van der Waals surface area contributed by atoms with Gasteiger partial charge in [-0.25, -0.2) is 4.98 Å². The third-order valence-corrected chi connectivity index (χ3v) is 3.08. The maximum atomic E-state index is 12.1. The Morgan fingerprint density at radius 2 is 2.21 bits per heavy atom. The van der Waals surface area contributed by atoms with E-state index in [0.29, 0.717) is 5.88 Å². The molecule has 19 heavy (non-hydrogen) atoms. The number of methoxy groups -OCH3 is 1. The summed E-state index contributed by atoms with van der Waals surface area (Å²) in [6.07, 6.45) is 3.77. The van der Waals surface area contributed by atoms with Crippen LogP contribution in [0.1, 0.15) is 39.5 Å². The number of hydrogen-bond donors (Lipinski definition) is 1. The Hall–Kier alpha value is -1.36. The maximum Gasteiger partial charge on any atom is 0.234 e. The largest absolute Gasteiger partial charge is 0.481 e. The highest BCUT2D eigenvalue weighted by molar-refractivity contribution is 6.29. The van der Waals surface area contributed by atoms with Crippen LogP contribution in [0.15, 0.2) is 6.07 Å². The molecule has 0 bridgehead atoms. The summed E-state index contributed by atoms with van der Waals surface area (Å²) in [5.74, 6) is 0.426. The Morgan fingerprint density at radius 1 is 1.47 bits per heavy atom. The normalized spacial score (nSPS) is 12.0. The number of carbonyl (C=O) groups is 1. The fourth-order valence-electron chi connectivity index (χ4n) is 1.74. The van der Waals surface area contributed by atoms with Crippen molar-refractivity contribution in [1.82, 2.24) is 9.97 Å². The van der Waals surface area contributed by atoms with Crippen LogP contribution in [0.4, 0.5) is 5.95 Å². The average Bonchev–Trinajstić information content (AvgIpc) is 2.38. The van der Waals surface area contributed by atoms with Gasteiger partial charge in [-0.2, -0.15) is 4.98 Å². The second-order valence-electron chi connectivity index (χ2n) is 4.29. The van der Waals surface area contributed by atoms with Crippen LogP contribution in [0.25, 0.3) is 0 Å². The lowest BCUT2D eigenvalue weighted by molar-refractivity contribution is -0.120. The smallest absolute Gasteiger partial charge is 0.234 e. The van der Waals surface area contributed by atoms with Gasteiger partial charge in [-0.1, -0.05) is 38.3 Å². The SMILES string of the molecule is CCCCC(CC)C(=O)Nc1nc(Cl)cc(OC)n1. The molecule has 0 fully saturated rings. The summed E-state index contributed by atoms with van der Waals surface area (Å²) in [7, 11) is 1.49. The number of unbranched alkanes of at least 4 members (excludes halogenated alkanes) is 1. The third kappa shape index (κ3) is 5.03. The van der Waals surface area contributed by atoms with Crippen LogP contribution >= 0.6 is 11.6 Å². The quantitative estimate of drug-likeness (QED) is 0.781. The first kappa shape index (κ1) is 15.7. The summed E-state index contributed by atoms with van der Waals surface area (Å²) in [4.78, 5) is 20.1. The zero-order valence-corrected chi connectivity index (χ0v) is 12.3. The van der Waals surface area contributed by atoms with Crippen LogP contribution in [0.2, 0.25) is 5.15 Å². The number of amides is 1. The van der Waals surface area contributed by atoms with Crippen LogP contribution in [0.3, 0.4) is 0 Å². The van der Waals surface area contributed by atoms with Gasteiger partial charge < -0.3 is 4.74 Å². The van der Waals surface area contributed by atoms with E-state index in [2.05, 4.69) is 22.2 Å². The first-order chi connectivity index (χ1) is 9.10. The molecule has 0 aliphatic rings. The molecule has 0 aromatic carbocycles. The van der Waals surface area contributed by atoms with E-state index in [-0.39, 0.29) is 22.9 Å². The number of aromatic nitrogens is 2. The highest BCUT2D eigenvalue weighted by Crippen LogP contribution is 2.18. The summed E-state index contributed by atoms with van der Waals surface area (Å²) >= 11 is 5.83. The topological polar surface area (TPSA) is 64.1 Å². The van der Waals surface area contributed by atoms with Gasteiger partial charge in [-0.15, -0.1) is 0 Å². The van der Waals surface area contributed by atoms with Gasteiger partial charge in [0.2, 0.25) is 17.7 Å². The number of nitrogens with one attached hydrogen (secondary N) is 1. The van der Waals surface area contributed by atoms with Gasteiger partial charge in [0.1, 0.15) is 5.15 Å². The number of nitrogens with zero attached hydrogens (tertiary/aromatic N) is 2. The molecule has 0 saturated heterocycles. The molecule has 106 valence electrons. The maximum absolute atomic E-state index is 12.1. The molecule has 1 N–H and O–H groups in total. The summed E-state index contributed by atoms with van der Waals surface area (Å²) in [5.41, 5.74) is 0. The van der Waals surface area contributed by atoms with Crippen molar-refractivity contribution in [2.45, 2.75) is 39.5 Å². The molecule has 6 heteroatoms. The third-order valence-electron chi connectivity index (χ3n) is 2.89. The zero-order chi connectivity index (χ0) is 14.3. The first-order valence-electron chi connectivity index (χ1n) is 6.50. The number of halogens is 1. The standard InChI is InChI=1S/C13H20ClN3O2/c1-4-6-7-9(5-2)12(18)17-13-15-10(14)8-11(16-13)19-3/h8-9H,4-7H2,1-3H3,(H,15,16,17,18). The number of rotatable bonds is 7. The molecule has 1 atom stereocenters. The van der Waals surface area contributed by atoms with Crippen molar-refractivity contribution in [1.29, 1.82) is 0 Å². The van der Waals surface area contributed by atoms with E-state index in [1.54, 1.807) is 0 Å². The molecule has 0 saturated carbocycles. The lowest BCUT2D eigenvalue weighted by Gasteiger charge is -2.13. The first-order valence-corrected chi connectivity index (χ1v) is 6.87. The van der Waals surface area contributed by atoms with E-state index < -0.39 is 0 Å². The lowest BCUT2D eigenvalue weighted by Crippen LogP contribution is -2.23. The van der Waals surface area contributed by atoms with E-state index >= 15 is 0 Å². The average molecular weight is 286 g/mol. The fraction of sp³-hybridized carbons (Fsp3) is 0.615. The molecule has 0 aliphatic heterocycles. The van der Waals surface area contributed by atoms with Crippen molar-refractivity contribution in [3.63, 3.8) is 0 Å². The highest BCUT2D eigenvalue weighted by atomic mass is 35.5. The number of ether oxygens (including phenoxy) is 1. The molecule has 1 aromatic heterocycles. The Bertz CT molecular complexity index is 426. The molecular formula is C13H20ClN3O2. The Kier molecular flexibility index (Phi) is 6.56. The van der Waals surface area contributed by atoms with Gasteiger partial charge in [0.25, 0.3) is 0 Å². The van der Waals surface area contributed by atoms with Crippen LogP contribution in [-0.4, -0.2) is 23.0 Å². The number of anilines is 1. The van der Waals surface area contributed by atoms with E-state index in [0.717, 1.165) is 25.7 Å². The molecule has 1 amide bonds. The summed E-state index contributed by atoms with van der Waals surface area (Å²) < 4.78 is 4.98. The van der Waals surface area contributed by atoms with Gasteiger partial charge in [0.05, 0.1) is 7.11 Å². The van der Waals surface area contributed by atoms with Gasteiger partial charge in [0, 0.05) is 12.0 Å². The monoisotopic (exact) mass is 285 g/mol. The van der Waals surface area contributed by atoms with Gasteiger partial charge in [0.15, 0.2) is 0 Å². The minimum Gasteiger partial charge on any atom is -0.481 e. The van der Waals surface area contributed by atoms with Crippen molar-refractivity contribution in [2.24, 2.45) is 5.92 Å². The van der Waals surface area contributed by atoms with E-state index in [1.165, 1.54) is 13.2 Å². The predicted molar refractivity (Wildman–Crippen MR) is 75.5 cm³/mol. The summed E-state index contributed by atoms with van der Waals surface area (Å²) in [6, 6.07) is 1.49. The minimum absolute atomic E-state index is 0.0199. The number of hydrogen-bond acceptors (Lipinski definition) is 4. The van der Waals surface area contributed by atoms with Crippen LogP contribution < -0.4 is 10.1 Å². The van der Waals surface area contributed by atoms with Crippen molar-refractivity contribution in [2.75, 3.05) is 12.4 Å². The molecule has 1 unspecified atom stereocenters. The Labute approximate surface area is 118 Å². The second-order valence-corrected chi connectivity index (χ2v) is 4.68. The molecule has 0 aliphatic carbocycles. The predicted octanol–water partition coefficient (Wildman–Crippen LogP) is 3.29.